The van der Waals surface area contributed by atoms with Crippen molar-refractivity contribution in [2.75, 3.05) is 5.32 Å². The number of primary amides is 1. The molecule has 60 heavy (non-hydrogen) atoms. The molecule has 0 aliphatic carbocycles. The molecular weight excluding hydrogens is 815 g/mol. The van der Waals surface area contributed by atoms with Crippen LogP contribution in [0.5, 0.6) is 0 Å². The summed E-state index contributed by atoms with van der Waals surface area (Å²) in [5, 5.41) is 9.08. The van der Waals surface area contributed by atoms with E-state index in [4.69, 9.17) is 10.2 Å². The monoisotopic (exact) mass is 841 g/mol. The zero-order valence-corrected chi connectivity index (χ0v) is 32.2. The molecule has 0 saturated heterocycles. The minimum absolute atomic E-state index is 0.0894. The molecule has 0 radical (unpaired) electrons. The minimum atomic E-state index is -1.39. The van der Waals surface area contributed by atoms with E-state index in [1.165, 1.54) is 43.4 Å². The number of fused-ring (bicyclic) bond motifs is 2. The summed E-state index contributed by atoms with van der Waals surface area (Å²) >= 11 is 1.55. The van der Waals surface area contributed by atoms with E-state index in [1.54, 1.807) is 48.7 Å². The number of hydrogen-bond acceptors (Lipinski definition) is 17. The number of carbonyl (C=O) groups is 6. The van der Waals surface area contributed by atoms with Gasteiger partial charge in [0.05, 0.1) is 41.1 Å². The molecule has 0 fully saturated rings. The van der Waals surface area contributed by atoms with Crippen molar-refractivity contribution in [2.45, 2.75) is 24.9 Å². The molecule has 298 valence electrons. The maximum atomic E-state index is 13.9. The molecule has 8 aromatic rings. The molecule has 0 aliphatic rings. The van der Waals surface area contributed by atoms with Crippen LogP contribution in [-0.2, 0) is 32.0 Å². The predicted molar refractivity (Wildman–Crippen MR) is 214 cm³/mol. The van der Waals surface area contributed by atoms with Crippen LogP contribution >= 0.6 is 23.5 Å². The fourth-order valence-corrected chi connectivity index (χ4v) is 7.44. The van der Waals surface area contributed by atoms with E-state index in [0.29, 0.717) is 44.4 Å². The number of H-pyrrole nitrogens is 1. The van der Waals surface area contributed by atoms with Crippen molar-refractivity contribution in [3.05, 3.63) is 115 Å². The third-order valence-corrected chi connectivity index (χ3v) is 10.3. The summed E-state index contributed by atoms with van der Waals surface area (Å²) < 4.78 is 22.2. The van der Waals surface area contributed by atoms with Crippen LogP contribution in [0.2, 0.25) is 0 Å². The van der Waals surface area contributed by atoms with E-state index in [2.05, 4.69) is 58.4 Å². The first-order chi connectivity index (χ1) is 29.1. The van der Waals surface area contributed by atoms with Gasteiger partial charge in [-0.15, -0.1) is 0 Å². The summed E-state index contributed by atoms with van der Waals surface area (Å²) in [6.07, 6.45) is 8.30. The minimum Gasteiger partial charge on any atom is -0.464 e. The van der Waals surface area contributed by atoms with Crippen LogP contribution in [0.15, 0.2) is 96.5 Å². The molecule has 0 spiro atoms. The van der Waals surface area contributed by atoms with Gasteiger partial charge >= 0.3 is 0 Å². The summed E-state index contributed by atoms with van der Waals surface area (Å²) in [5.41, 5.74) is 8.51. The summed E-state index contributed by atoms with van der Waals surface area (Å²) in [5.74, 6) is -5.83. The number of ketones is 2. The normalized spacial score (nSPS) is 12.1. The largest absolute Gasteiger partial charge is 0.464 e. The maximum Gasteiger partial charge on any atom is 0.293 e. The van der Waals surface area contributed by atoms with Gasteiger partial charge < -0.3 is 31.1 Å². The standard InChI is InChI=1S/C38H27N13O7S2/c39-35(54)33(52)26(46-36(55)31-29(48-59-50-31)23-7-9-40-16-43-23)11-18-14-42-25-13-20(5-6-21(18)25)45-38(57)34(53)27(12-19-15-58-28-4-2-1-3-22(19)28)47-37(56)32-30(49-60-51-32)24-8-10-41-17-44-24/h1-10,13-17,26-27,42H,11-12H2,(H2,39,54)(H,45,57)(H,46,55)(H,47,56). The first kappa shape index (κ1) is 38.9. The number of benzene rings is 2. The lowest BCUT2D eigenvalue weighted by atomic mass is 10.00. The second-order valence-electron chi connectivity index (χ2n) is 13.0. The molecule has 20 nitrogen and oxygen atoms in total. The van der Waals surface area contributed by atoms with Crippen molar-refractivity contribution in [3.63, 3.8) is 0 Å². The summed E-state index contributed by atoms with van der Waals surface area (Å²) in [6.45, 7) is 0. The molecule has 0 bridgehead atoms. The van der Waals surface area contributed by atoms with Crippen molar-refractivity contribution >= 4 is 86.2 Å². The Kier molecular flexibility index (Phi) is 10.9. The molecule has 0 aliphatic heterocycles. The lowest BCUT2D eigenvalue weighted by molar-refractivity contribution is -0.137. The van der Waals surface area contributed by atoms with Crippen molar-refractivity contribution in [1.82, 2.24) is 53.0 Å². The molecular formula is C38H27N13O7S2. The lowest BCUT2D eigenvalue weighted by Gasteiger charge is -2.17. The van der Waals surface area contributed by atoms with Gasteiger partial charge in [0.25, 0.3) is 23.6 Å². The van der Waals surface area contributed by atoms with Crippen LogP contribution in [-0.4, -0.2) is 89.7 Å². The van der Waals surface area contributed by atoms with Gasteiger partial charge in [-0.1, -0.05) is 24.3 Å². The molecule has 6 aromatic heterocycles. The number of hydrogen-bond donors (Lipinski definition) is 5. The molecule has 4 amide bonds. The number of nitrogens with one attached hydrogen (secondary N) is 4. The number of aromatic nitrogens is 9. The Labute approximate surface area is 344 Å². The lowest BCUT2D eigenvalue weighted by Crippen LogP contribution is -2.47. The Morgan fingerprint density at radius 3 is 1.95 bits per heavy atom. The fourth-order valence-electron chi connectivity index (χ4n) is 6.33. The van der Waals surface area contributed by atoms with Crippen molar-refractivity contribution in [3.8, 4) is 22.8 Å². The van der Waals surface area contributed by atoms with Crippen LogP contribution in [0, 0.1) is 0 Å². The smallest absolute Gasteiger partial charge is 0.293 e. The topological polar surface area (TPSA) is 297 Å². The third kappa shape index (κ3) is 8.07. The van der Waals surface area contributed by atoms with Crippen molar-refractivity contribution in [2.24, 2.45) is 5.73 Å². The number of nitrogens with two attached hydrogens (primary N) is 1. The number of carbonyl (C=O) groups excluding carboxylic acids is 6. The van der Waals surface area contributed by atoms with E-state index >= 15 is 0 Å². The van der Waals surface area contributed by atoms with Gasteiger partial charge in [-0.3, -0.25) is 28.8 Å². The average molecular weight is 842 g/mol. The Hall–Kier alpha value is -7.98. The first-order valence-electron chi connectivity index (χ1n) is 17.7. The molecule has 8 rings (SSSR count). The Morgan fingerprint density at radius 2 is 1.33 bits per heavy atom. The molecule has 6 N–H and O–H groups in total. The number of furan rings is 1. The van der Waals surface area contributed by atoms with Crippen LogP contribution in [0.3, 0.4) is 0 Å². The number of anilines is 1. The number of Topliss-reactive ketones (excluding diaryl/α,β-unsaturated/α-hetero) is 2. The Bertz CT molecular complexity index is 2930. The Balaban J connectivity index is 1.00. The third-order valence-electron chi connectivity index (χ3n) is 9.20. The van der Waals surface area contributed by atoms with E-state index in [-0.39, 0.29) is 41.3 Å². The van der Waals surface area contributed by atoms with Gasteiger partial charge in [0.2, 0.25) is 11.6 Å². The average Bonchev–Trinajstić information content (AvgIpc) is 4.10. The molecule has 2 unspecified atom stereocenters. The number of rotatable bonds is 15. The molecule has 6 heterocycles. The molecule has 0 saturated carbocycles. The van der Waals surface area contributed by atoms with Gasteiger partial charge in [0.15, 0.2) is 11.4 Å². The summed E-state index contributed by atoms with van der Waals surface area (Å²) in [7, 11) is 0. The van der Waals surface area contributed by atoms with E-state index in [9.17, 15) is 28.8 Å². The second-order valence-corrected chi connectivity index (χ2v) is 14.0. The fraction of sp³-hybridized carbons (Fsp3) is 0.105. The van der Waals surface area contributed by atoms with Gasteiger partial charge in [-0.2, -0.15) is 17.5 Å². The van der Waals surface area contributed by atoms with Gasteiger partial charge in [-0.25, -0.2) is 19.9 Å². The van der Waals surface area contributed by atoms with Crippen molar-refractivity contribution < 1.29 is 33.2 Å². The number of amides is 4. The van der Waals surface area contributed by atoms with Crippen molar-refractivity contribution in [1.29, 1.82) is 0 Å². The van der Waals surface area contributed by atoms with Crippen LogP contribution < -0.4 is 21.7 Å². The van der Waals surface area contributed by atoms with Gasteiger partial charge in [0, 0.05) is 59.0 Å². The van der Waals surface area contributed by atoms with Gasteiger partial charge in [-0.05, 0) is 35.9 Å². The summed E-state index contributed by atoms with van der Waals surface area (Å²) in [6, 6.07) is 12.2. The zero-order valence-electron chi connectivity index (χ0n) is 30.6. The Morgan fingerprint density at radius 1 is 0.717 bits per heavy atom. The van der Waals surface area contributed by atoms with Gasteiger partial charge in [0.1, 0.15) is 41.7 Å². The van der Waals surface area contributed by atoms with Crippen LogP contribution in [0.25, 0.3) is 44.6 Å². The highest BCUT2D eigenvalue weighted by molar-refractivity contribution is 6.99. The molecule has 2 atom stereocenters. The molecule has 2 aromatic carbocycles. The molecule has 22 heteroatoms. The van der Waals surface area contributed by atoms with E-state index in [0.717, 1.165) is 23.5 Å². The number of aromatic amines is 1. The predicted octanol–water partition coefficient (Wildman–Crippen LogP) is 2.48. The SMILES string of the molecule is NC(=O)C(=O)C(Cc1c[nH]c2cc(NC(=O)C(=O)C(Cc3coc4ccccc34)NC(=O)c3nsnc3-c3ccncn3)ccc12)NC(=O)c1nsnc1-c1ccncn1. The first-order valence-corrected chi connectivity index (χ1v) is 19.1. The number of para-hydroxylation sites is 1. The zero-order chi connectivity index (χ0) is 41.8. The summed E-state index contributed by atoms with van der Waals surface area (Å²) in [4.78, 5) is 98.6. The van der Waals surface area contributed by atoms with Crippen LogP contribution in [0.1, 0.15) is 32.1 Å². The highest BCUT2D eigenvalue weighted by Crippen LogP contribution is 2.26. The van der Waals surface area contributed by atoms with Crippen LogP contribution in [0.4, 0.5) is 5.69 Å². The van der Waals surface area contributed by atoms with E-state index in [1.807, 2.05) is 0 Å². The number of nitrogens with zero attached hydrogens (tertiary/aromatic N) is 8. The highest BCUT2D eigenvalue weighted by Gasteiger charge is 2.32. The van der Waals surface area contributed by atoms with E-state index < -0.39 is 47.3 Å². The second kappa shape index (κ2) is 16.9. The maximum absolute atomic E-state index is 13.9. The quantitative estimate of drug-likeness (QED) is 0.0927. The highest BCUT2D eigenvalue weighted by atomic mass is 32.1.